The number of carbonyl (C=O) groups is 3. The number of urea groups is 1. The van der Waals surface area contributed by atoms with Crippen LogP contribution in [0.15, 0.2) is 54.6 Å². The molecule has 1 heterocycles. The third-order valence-corrected chi connectivity index (χ3v) is 7.68. The third kappa shape index (κ3) is 7.12. The van der Waals surface area contributed by atoms with E-state index in [1.165, 1.54) is 12.0 Å². The van der Waals surface area contributed by atoms with Crippen molar-refractivity contribution in [2.75, 3.05) is 25.0 Å². The van der Waals surface area contributed by atoms with Gasteiger partial charge in [0, 0.05) is 43.7 Å². The van der Waals surface area contributed by atoms with Crippen LogP contribution in [-0.4, -0.2) is 59.4 Å². The van der Waals surface area contributed by atoms with Gasteiger partial charge in [0.2, 0.25) is 11.8 Å². The second kappa shape index (κ2) is 12.7. The van der Waals surface area contributed by atoms with Gasteiger partial charge in [0.25, 0.3) is 0 Å². The monoisotopic (exact) mass is 504 g/mol. The van der Waals surface area contributed by atoms with Crippen LogP contribution in [0.4, 0.5) is 10.5 Å². The molecule has 2 unspecified atom stereocenters. The van der Waals surface area contributed by atoms with Crippen molar-refractivity contribution < 1.29 is 14.4 Å². The topological polar surface area (TPSA) is 81.8 Å². The Kier molecular flexibility index (Phi) is 9.20. The Balaban J connectivity index is 1.41. The molecule has 2 N–H and O–H groups in total. The molecule has 0 bridgehead atoms. The van der Waals surface area contributed by atoms with Crippen LogP contribution in [0, 0.1) is 5.92 Å². The van der Waals surface area contributed by atoms with Crippen LogP contribution in [0.5, 0.6) is 0 Å². The van der Waals surface area contributed by atoms with E-state index in [1.54, 1.807) is 4.90 Å². The fraction of sp³-hybridized carbons (Fsp3) is 0.500. The highest BCUT2D eigenvalue weighted by molar-refractivity contribution is 5.94. The molecule has 2 aromatic rings. The maximum Gasteiger partial charge on any atom is 0.319 e. The Bertz CT molecular complexity index is 1050. The molecule has 1 saturated heterocycles. The van der Waals surface area contributed by atoms with E-state index >= 15 is 0 Å². The Hall–Kier alpha value is -3.35. The molecule has 1 aliphatic heterocycles. The highest BCUT2D eigenvalue weighted by Gasteiger charge is 2.36. The Morgan fingerprint density at radius 3 is 2.27 bits per heavy atom. The lowest BCUT2D eigenvalue weighted by Gasteiger charge is -2.42. The summed E-state index contributed by atoms with van der Waals surface area (Å²) in [4.78, 5) is 43.5. The number of nitrogens with zero attached hydrogens (tertiary/aromatic N) is 2. The van der Waals surface area contributed by atoms with Crippen molar-refractivity contribution in [1.82, 2.24) is 15.1 Å². The molecule has 7 heteroatoms. The van der Waals surface area contributed by atoms with Crippen LogP contribution in [0.2, 0.25) is 0 Å². The van der Waals surface area contributed by atoms with Gasteiger partial charge < -0.3 is 20.4 Å². The minimum absolute atomic E-state index is 0.0459. The molecule has 2 aromatic carbocycles. The fourth-order valence-corrected chi connectivity index (χ4v) is 5.49. The van der Waals surface area contributed by atoms with Gasteiger partial charge >= 0.3 is 6.03 Å². The zero-order chi connectivity index (χ0) is 26.2. The van der Waals surface area contributed by atoms with E-state index in [9.17, 15) is 14.4 Å². The van der Waals surface area contributed by atoms with Gasteiger partial charge in [-0.25, -0.2) is 4.79 Å². The van der Waals surface area contributed by atoms with E-state index in [0.717, 1.165) is 37.7 Å². The molecule has 198 valence electrons. The predicted molar refractivity (Wildman–Crippen MR) is 146 cm³/mol. The molecular formula is C30H40N4O3. The summed E-state index contributed by atoms with van der Waals surface area (Å²) in [6, 6.07) is 16.3. The van der Waals surface area contributed by atoms with Crippen molar-refractivity contribution in [3.05, 3.63) is 65.7 Å². The number of rotatable bonds is 7. The first-order valence-electron chi connectivity index (χ1n) is 13.7. The van der Waals surface area contributed by atoms with Crippen LogP contribution in [0.3, 0.4) is 0 Å². The largest absolute Gasteiger partial charge is 0.337 e. The maximum atomic E-state index is 13.7. The molecule has 2 fully saturated rings. The zero-order valence-electron chi connectivity index (χ0n) is 22.1. The number of piperazine rings is 1. The van der Waals surface area contributed by atoms with Crippen LogP contribution >= 0.6 is 0 Å². The predicted octanol–water partition coefficient (Wildman–Crippen LogP) is 4.62. The van der Waals surface area contributed by atoms with Gasteiger partial charge in [-0.05, 0) is 49.4 Å². The zero-order valence-corrected chi connectivity index (χ0v) is 22.1. The summed E-state index contributed by atoms with van der Waals surface area (Å²) < 4.78 is 0. The molecule has 4 rings (SSSR count). The molecule has 2 atom stereocenters. The average molecular weight is 505 g/mol. The van der Waals surface area contributed by atoms with E-state index in [4.69, 9.17) is 0 Å². The summed E-state index contributed by atoms with van der Waals surface area (Å²) in [5.74, 6) is 0.254. The van der Waals surface area contributed by atoms with Gasteiger partial charge in [-0.3, -0.25) is 9.59 Å². The third-order valence-electron chi connectivity index (χ3n) is 7.68. The molecule has 0 spiro atoms. The molecule has 1 saturated carbocycles. The van der Waals surface area contributed by atoms with Crippen molar-refractivity contribution in [3.63, 3.8) is 0 Å². The van der Waals surface area contributed by atoms with Gasteiger partial charge in [0.15, 0.2) is 0 Å². The lowest BCUT2D eigenvalue weighted by molar-refractivity contribution is -0.146. The highest BCUT2D eigenvalue weighted by atomic mass is 16.2. The van der Waals surface area contributed by atoms with Gasteiger partial charge in [0.1, 0.15) is 6.04 Å². The van der Waals surface area contributed by atoms with E-state index in [-0.39, 0.29) is 23.8 Å². The van der Waals surface area contributed by atoms with Crippen molar-refractivity contribution >= 4 is 23.5 Å². The summed E-state index contributed by atoms with van der Waals surface area (Å²) in [6.07, 6.45) is 6.75. The fourth-order valence-electron chi connectivity index (χ4n) is 5.49. The normalized spacial score (nSPS) is 19.2. The number of nitrogens with one attached hydrogen (secondary N) is 2. The minimum Gasteiger partial charge on any atom is -0.337 e. The first kappa shape index (κ1) is 26.7. The maximum absolute atomic E-state index is 13.7. The van der Waals surface area contributed by atoms with Gasteiger partial charge in [-0.2, -0.15) is 0 Å². The van der Waals surface area contributed by atoms with Gasteiger partial charge in [-0.1, -0.05) is 68.7 Å². The van der Waals surface area contributed by atoms with E-state index in [2.05, 4.69) is 17.6 Å². The van der Waals surface area contributed by atoms with Crippen molar-refractivity contribution in [2.45, 2.75) is 70.9 Å². The van der Waals surface area contributed by atoms with Gasteiger partial charge in [0.05, 0.1) is 0 Å². The summed E-state index contributed by atoms with van der Waals surface area (Å²) in [5.41, 5.74) is 2.86. The second-order valence-corrected chi connectivity index (χ2v) is 10.4. The highest BCUT2D eigenvalue weighted by Crippen LogP contribution is 2.27. The SMILES string of the molecule is CCc1ccc(NC(=O)NC(Cc2ccccc2)C(=O)N2CCN(C(=O)C3CCCCC3)C(C)C2)cc1. The molecule has 0 aromatic heterocycles. The number of carbonyl (C=O) groups excluding carboxylic acids is 3. The van der Waals surface area contributed by atoms with Crippen LogP contribution in [0.1, 0.15) is 57.1 Å². The molecule has 7 nitrogen and oxygen atoms in total. The van der Waals surface area contributed by atoms with E-state index in [0.29, 0.717) is 31.7 Å². The first-order chi connectivity index (χ1) is 17.9. The number of aryl methyl sites for hydroxylation is 1. The quantitative estimate of drug-likeness (QED) is 0.577. The van der Waals surface area contributed by atoms with Crippen molar-refractivity contribution in [3.8, 4) is 0 Å². The Morgan fingerprint density at radius 2 is 1.62 bits per heavy atom. The van der Waals surface area contributed by atoms with E-state index in [1.807, 2.05) is 66.4 Å². The lowest BCUT2D eigenvalue weighted by Crippen LogP contribution is -2.60. The molecular weight excluding hydrogens is 464 g/mol. The molecule has 1 aliphatic carbocycles. The number of hydrogen-bond donors (Lipinski definition) is 2. The Morgan fingerprint density at radius 1 is 0.919 bits per heavy atom. The second-order valence-electron chi connectivity index (χ2n) is 10.4. The molecule has 2 aliphatic rings. The summed E-state index contributed by atoms with van der Waals surface area (Å²) in [6.45, 7) is 5.60. The summed E-state index contributed by atoms with van der Waals surface area (Å²) >= 11 is 0. The standard InChI is InChI=1S/C30H40N4O3/c1-3-23-14-16-26(17-15-23)31-30(37)32-27(20-24-10-6-4-7-11-24)29(36)33-18-19-34(22(2)21-33)28(35)25-12-8-5-9-13-25/h4,6-7,10-11,14-17,22,25,27H,3,5,8-9,12-13,18-21H2,1-2H3,(H2,31,32,37). The number of benzene rings is 2. The first-order valence-corrected chi connectivity index (χ1v) is 13.7. The van der Waals surface area contributed by atoms with Crippen molar-refractivity contribution in [2.24, 2.45) is 5.92 Å². The summed E-state index contributed by atoms with van der Waals surface area (Å²) in [5, 5.41) is 5.78. The van der Waals surface area contributed by atoms with Crippen LogP contribution in [-0.2, 0) is 22.4 Å². The molecule has 4 amide bonds. The Labute approximate surface area is 220 Å². The summed E-state index contributed by atoms with van der Waals surface area (Å²) in [7, 11) is 0. The smallest absolute Gasteiger partial charge is 0.319 e. The van der Waals surface area contributed by atoms with Crippen LogP contribution < -0.4 is 10.6 Å². The van der Waals surface area contributed by atoms with E-state index < -0.39 is 12.1 Å². The van der Waals surface area contributed by atoms with Crippen molar-refractivity contribution in [1.29, 1.82) is 0 Å². The number of amides is 4. The number of anilines is 1. The van der Waals surface area contributed by atoms with Crippen LogP contribution in [0.25, 0.3) is 0 Å². The van der Waals surface area contributed by atoms with Gasteiger partial charge in [-0.15, -0.1) is 0 Å². The lowest BCUT2D eigenvalue weighted by atomic mass is 9.87. The molecule has 37 heavy (non-hydrogen) atoms. The number of hydrogen-bond acceptors (Lipinski definition) is 3. The molecule has 0 radical (unpaired) electrons. The average Bonchev–Trinajstić information content (AvgIpc) is 2.93. The minimum atomic E-state index is -0.704.